The fourth-order valence-electron chi connectivity index (χ4n) is 1.81. The lowest BCUT2D eigenvalue weighted by molar-refractivity contribution is 0.0955. The number of amides is 1. The fraction of sp³-hybridized carbons (Fsp3) is 0.125. The van der Waals surface area contributed by atoms with E-state index in [2.05, 4.69) is 10.5 Å². The molecule has 0 fully saturated rings. The summed E-state index contributed by atoms with van der Waals surface area (Å²) >= 11 is 0. The maximum absolute atomic E-state index is 12.9. The molecule has 0 bridgehead atoms. The third kappa shape index (κ3) is 3.89. The van der Waals surface area contributed by atoms with Crippen LogP contribution in [0.1, 0.15) is 29.3 Å². The molecular formula is C16H16FN3O. The highest BCUT2D eigenvalue weighted by molar-refractivity contribution is 6.02. The van der Waals surface area contributed by atoms with Gasteiger partial charge < -0.3 is 5.73 Å². The maximum Gasteiger partial charge on any atom is 0.271 e. The van der Waals surface area contributed by atoms with Crippen LogP contribution in [0.5, 0.6) is 0 Å². The average molecular weight is 285 g/mol. The number of nitrogens with zero attached hydrogens (tertiary/aromatic N) is 1. The summed E-state index contributed by atoms with van der Waals surface area (Å²) in [5, 5.41) is 4.10. The Kier molecular flexibility index (Phi) is 4.66. The molecule has 2 rings (SSSR count). The highest BCUT2D eigenvalue weighted by Gasteiger charge is 2.06. The number of halogens is 1. The highest BCUT2D eigenvalue weighted by atomic mass is 19.1. The molecule has 21 heavy (non-hydrogen) atoms. The van der Waals surface area contributed by atoms with E-state index >= 15 is 0 Å². The number of hydrogen-bond acceptors (Lipinski definition) is 3. The lowest BCUT2D eigenvalue weighted by Gasteiger charge is -2.05. The summed E-state index contributed by atoms with van der Waals surface area (Å²) in [7, 11) is 0. The monoisotopic (exact) mass is 285 g/mol. The lowest BCUT2D eigenvalue weighted by atomic mass is 10.1. The van der Waals surface area contributed by atoms with Gasteiger partial charge in [0, 0.05) is 11.3 Å². The number of hydrazone groups is 1. The van der Waals surface area contributed by atoms with Crippen molar-refractivity contribution >= 4 is 17.3 Å². The van der Waals surface area contributed by atoms with Gasteiger partial charge in [0.05, 0.1) is 5.71 Å². The van der Waals surface area contributed by atoms with E-state index in [0.29, 0.717) is 23.4 Å². The summed E-state index contributed by atoms with van der Waals surface area (Å²) in [4.78, 5) is 11.9. The van der Waals surface area contributed by atoms with Gasteiger partial charge in [-0.05, 0) is 48.4 Å². The van der Waals surface area contributed by atoms with Crippen molar-refractivity contribution in [3.8, 4) is 0 Å². The zero-order valence-corrected chi connectivity index (χ0v) is 11.6. The number of benzene rings is 2. The maximum atomic E-state index is 12.9. The number of carbonyl (C=O) groups excluding carboxylic acids is 1. The number of anilines is 1. The van der Waals surface area contributed by atoms with Gasteiger partial charge in [0.2, 0.25) is 0 Å². The Morgan fingerprint density at radius 3 is 2.24 bits per heavy atom. The number of carbonyl (C=O) groups is 1. The molecule has 2 aromatic rings. The zero-order chi connectivity index (χ0) is 15.2. The van der Waals surface area contributed by atoms with Gasteiger partial charge in [0.25, 0.3) is 5.91 Å². The van der Waals surface area contributed by atoms with Crippen molar-refractivity contribution in [3.05, 3.63) is 65.5 Å². The van der Waals surface area contributed by atoms with Crippen molar-refractivity contribution in [2.24, 2.45) is 5.10 Å². The summed E-state index contributed by atoms with van der Waals surface area (Å²) in [6.07, 6.45) is 0.619. The Morgan fingerprint density at radius 2 is 1.67 bits per heavy atom. The van der Waals surface area contributed by atoms with Crippen LogP contribution in [-0.4, -0.2) is 11.6 Å². The SMILES string of the molecule is CC/C(=N\NC(=O)c1ccc(N)cc1)c1ccc(F)cc1. The van der Waals surface area contributed by atoms with Crippen molar-refractivity contribution in [2.75, 3.05) is 5.73 Å². The zero-order valence-electron chi connectivity index (χ0n) is 11.6. The molecule has 4 nitrogen and oxygen atoms in total. The van der Waals surface area contributed by atoms with Crippen molar-refractivity contribution in [3.63, 3.8) is 0 Å². The van der Waals surface area contributed by atoms with Gasteiger partial charge in [-0.3, -0.25) is 4.79 Å². The Balaban J connectivity index is 2.12. The second-order valence-corrected chi connectivity index (χ2v) is 4.48. The summed E-state index contributed by atoms with van der Waals surface area (Å²) < 4.78 is 12.9. The quantitative estimate of drug-likeness (QED) is 0.515. The number of rotatable bonds is 4. The molecule has 2 aromatic carbocycles. The molecule has 0 aromatic heterocycles. The van der Waals surface area contributed by atoms with E-state index in [4.69, 9.17) is 5.73 Å². The van der Waals surface area contributed by atoms with E-state index in [9.17, 15) is 9.18 Å². The Morgan fingerprint density at radius 1 is 1.10 bits per heavy atom. The molecule has 0 aliphatic rings. The molecule has 1 amide bonds. The summed E-state index contributed by atoms with van der Waals surface area (Å²) in [6, 6.07) is 12.6. The molecule has 0 aliphatic heterocycles. The molecule has 3 N–H and O–H groups in total. The first-order valence-corrected chi connectivity index (χ1v) is 6.58. The lowest BCUT2D eigenvalue weighted by Crippen LogP contribution is -2.20. The third-order valence-electron chi connectivity index (χ3n) is 2.98. The van der Waals surface area contributed by atoms with E-state index in [-0.39, 0.29) is 11.7 Å². The molecule has 0 spiro atoms. The van der Waals surface area contributed by atoms with Gasteiger partial charge in [-0.1, -0.05) is 19.1 Å². The fourth-order valence-corrected chi connectivity index (χ4v) is 1.81. The summed E-state index contributed by atoms with van der Waals surface area (Å²) in [5.74, 6) is -0.622. The molecule has 108 valence electrons. The minimum Gasteiger partial charge on any atom is -0.399 e. The third-order valence-corrected chi connectivity index (χ3v) is 2.98. The van der Waals surface area contributed by atoms with Crippen LogP contribution in [0.15, 0.2) is 53.6 Å². The molecule has 5 heteroatoms. The molecular weight excluding hydrogens is 269 g/mol. The second kappa shape index (κ2) is 6.65. The topological polar surface area (TPSA) is 67.5 Å². The van der Waals surface area contributed by atoms with Crippen LogP contribution in [0.2, 0.25) is 0 Å². The van der Waals surface area contributed by atoms with Crippen molar-refractivity contribution in [2.45, 2.75) is 13.3 Å². The normalized spacial score (nSPS) is 11.2. The number of nitrogens with one attached hydrogen (secondary N) is 1. The van der Waals surface area contributed by atoms with E-state index < -0.39 is 0 Å². The first kappa shape index (κ1) is 14.7. The van der Waals surface area contributed by atoms with Gasteiger partial charge in [0.15, 0.2) is 0 Å². The van der Waals surface area contributed by atoms with Crippen molar-refractivity contribution < 1.29 is 9.18 Å². The van der Waals surface area contributed by atoms with E-state index in [1.807, 2.05) is 6.92 Å². The summed E-state index contributed by atoms with van der Waals surface area (Å²) in [6.45, 7) is 1.91. The van der Waals surface area contributed by atoms with Crippen LogP contribution in [0.25, 0.3) is 0 Å². The predicted molar refractivity (Wildman–Crippen MR) is 81.5 cm³/mol. The molecule has 0 atom stereocenters. The Hall–Kier alpha value is -2.69. The second-order valence-electron chi connectivity index (χ2n) is 4.48. The Labute approximate surface area is 122 Å². The molecule has 0 aliphatic carbocycles. The van der Waals surface area contributed by atoms with E-state index in [1.54, 1.807) is 36.4 Å². The van der Waals surface area contributed by atoms with Crippen LogP contribution in [-0.2, 0) is 0 Å². The molecule has 0 radical (unpaired) electrons. The average Bonchev–Trinajstić information content (AvgIpc) is 2.50. The van der Waals surface area contributed by atoms with Crippen LogP contribution >= 0.6 is 0 Å². The van der Waals surface area contributed by atoms with Crippen molar-refractivity contribution in [1.82, 2.24) is 5.43 Å². The van der Waals surface area contributed by atoms with Crippen LogP contribution in [0, 0.1) is 5.82 Å². The summed E-state index contributed by atoms with van der Waals surface area (Å²) in [5.41, 5.74) is 10.6. The van der Waals surface area contributed by atoms with Gasteiger partial charge in [-0.15, -0.1) is 0 Å². The first-order chi connectivity index (χ1) is 10.1. The molecule has 0 saturated carbocycles. The van der Waals surface area contributed by atoms with Gasteiger partial charge >= 0.3 is 0 Å². The number of nitrogens with two attached hydrogens (primary N) is 1. The van der Waals surface area contributed by atoms with Gasteiger partial charge in [-0.25, -0.2) is 9.82 Å². The largest absolute Gasteiger partial charge is 0.399 e. The van der Waals surface area contributed by atoms with E-state index in [0.717, 1.165) is 5.56 Å². The predicted octanol–water partition coefficient (Wildman–Crippen LogP) is 2.95. The van der Waals surface area contributed by atoms with Crippen molar-refractivity contribution in [1.29, 1.82) is 0 Å². The molecule has 0 heterocycles. The smallest absolute Gasteiger partial charge is 0.271 e. The van der Waals surface area contributed by atoms with Crippen LogP contribution in [0.3, 0.4) is 0 Å². The minimum absolute atomic E-state index is 0.305. The molecule has 0 unspecified atom stereocenters. The highest BCUT2D eigenvalue weighted by Crippen LogP contribution is 2.08. The number of nitrogen functional groups attached to an aromatic ring is 1. The van der Waals surface area contributed by atoms with Crippen LogP contribution in [0.4, 0.5) is 10.1 Å². The first-order valence-electron chi connectivity index (χ1n) is 6.58. The van der Waals surface area contributed by atoms with Crippen LogP contribution < -0.4 is 11.2 Å². The molecule has 0 saturated heterocycles. The number of hydrogen-bond donors (Lipinski definition) is 2. The van der Waals surface area contributed by atoms with Gasteiger partial charge in [0.1, 0.15) is 5.82 Å². The van der Waals surface area contributed by atoms with E-state index in [1.165, 1.54) is 12.1 Å². The Bertz CT molecular complexity index is 648. The standard InChI is InChI=1S/C16H16FN3O/c1-2-15(11-3-7-13(17)8-4-11)19-20-16(21)12-5-9-14(18)10-6-12/h3-10H,2,18H2,1H3,(H,20,21)/b19-15+. The van der Waals surface area contributed by atoms with Gasteiger partial charge in [-0.2, -0.15) is 5.10 Å². The minimum atomic E-state index is -0.317.